The zero-order valence-corrected chi connectivity index (χ0v) is 13.8. The Morgan fingerprint density at radius 3 is 2.58 bits per heavy atom. The zero-order valence-electron chi connectivity index (χ0n) is 13.8. The minimum Gasteiger partial charge on any atom is -0.324 e. The van der Waals surface area contributed by atoms with Gasteiger partial charge in [-0.3, -0.25) is 24.6 Å². The number of rotatable bonds is 2. The molecule has 2 aliphatic heterocycles. The average molecular weight is 345 g/mol. The van der Waals surface area contributed by atoms with Crippen LogP contribution in [0.25, 0.3) is 16.5 Å². The Morgan fingerprint density at radius 2 is 1.81 bits per heavy atom. The molecule has 1 aromatic heterocycles. The van der Waals surface area contributed by atoms with E-state index in [0.717, 1.165) is 22.1 Å². The van der Waals surface area contributed by atoms with Crippen LogP contribution in [0, 0.1) is 0 Å². The van der Waals surface area contributed by atoms with E-state index in [9.17, 15) is 14.4 Å². The maximum absolute atomic E-state index is 13.2. The van der Waals surface area contributed by atoms with Crippen LogP contribution in [-0.2, 0) is 9.59 Å². The van der Waals surface area contributed by atoms with Gasteiger partial charge in [0.15, 0.2) is 0 Å². The van der Waals surface area contributed by atoms with Gasteiger partial charge in [-0.05, 0) is 42.1 Å². The summed E-state index contributed by atoms with van der Waals surface area (Å²) in [6.45, 7) is 0. The van der Waals surface area contributed by atoms with Crippen molar-refractivity contribution in [3.8, 4) is 5.69 Å². The highest BCUT2D eigenvalue weighted by molar-refractivity contribution is 6.27. The Kier molecular flexibility index (Phi) is 3.03. The molecule has 3 aromatic rings. The van der Waals surface area contributed by atoms with Crippen LogP contribution in [0.4, 0.5) is 5.69 Å². The van der Waals surface area contributed by atoms with Crippen LogP contribution in [0.2, 0.25) is 0 Å². The molecule has 26 heavy (non-hydrogen) atoms. The monoisotopic (exact) mass is 345 g/mol. The molecule has 0 aliphatic carbocycles. The van der Waals surface area contributed by atoms with Crippen LogP contribution >= 0.6 is 0 Å². The Hall–Kier alpha value is -3.41. The SMILES string of the molecule is O=C1CCC(N2C(=O)c3cc(-n4cccc4)cc4cccc2c34)C(=O)N1. The number of anilines is 1. The van der Waals surface area contributed by atoms with Crippen molar-refractivity contribution in [2.45, 2.75) is 18.9 Å². The van der Waals surface area contributed by atoms with Gasteiger partial charge in [0.05, 0.1) is 11.3 Å². The molecule has 1 fully saturated rings. The fourth-order valence-corrected chi connectivity index (χ4v) is 3.89. The van der Waals surface area contributed by atoms with E-state index in [1.807, 2.05) is 59.4 Å². The van der Waals surface area contributed by atoms with E-state index in [4.69, 9.17) is 0 Å². The summed E-state index contributed by atoms with van der Waals surface area (Å²) in [7, 11) is 0. The van der Waals surface area contributed by atoms with Gasteiger partial charge in [-0.2, -0.15) is 0 Å². The highest BCUT2D eigenvalue weighted by Gasteiger charge is 2.40. The van der Waals surface area contributed by atoms with E-state index in [1.165, 1.54) is 0 Å². The molecule has 6 nitrogen and oxygen atoms in total. The largest absolute Gasteiger partial charge is 0.324 e. The second-order valence-electron chi connectivity index (χ2n) is 6.60. The lowest BCUT2D eigenvalue weighted by molar-refractivity contribution is -0.134. The molecular formula is C20H15N3O3. The van der Waals surface area contributed by atoms with Crippen molar-refractivity contribution >= 4 is 34.2 Å². The van der Waals surface area contributed by atoms with Gasteiger partial charge in [0.1, 0.15) is 6.04 Å². The summed E-state index contributed by atoms with van der Waals surface area (Å²) in [5.41, 5.74) is 2.22. The quantitative estimate of drug-likeness (QED) is 0.725. The molecule has 1 unspecified atom stereocenters. The smallest absolute Gasteiger partial charge is 0.259 e. The Balaban J connectivity index is 1.67. The molecule has 0 bridgehead atoms. The minimum atomic E-state index is -0.659. The van der Waals surface area contributed by atoms with Crippen molar-refractivity contribution < 1.29 is 14.4 Å². The summed E-state index contributed by atoms with van der Waals surface area (Å²) in [4.78, 5) is 38.5. The minimum absolute atomic E-state index is 0.195. The lowest BCUT2D eigenvalue weighted by Crippen LogP contribution is -2.53. The third kappa shape index (κ3) is 2.02. The van der Waals surface area contributed by atoms with Crippen LogP contribution in [0.15, 0.2) is 54.9 Å². The molecule has 0 spiro atoms. The Bertz CT molecular complexity index is 1090. The average Bonchev–Trinajstić information content (AvgIpc) is 3.25. The predicted octanol–water partition coefficient (Wildman–Crippen LogP) is 2.40. The van der Waals surface area contributed by atoms with E-state index in [-0.39, 0.29) is 18.2 Å². The van der Waals surface area contributed by atoms with Crippen LogP contribution in [0.3, 0.4) is 0 Å². The molecule has 2 aliphatic rings. The third-order valence-electron chi connectivity index (χ3n) is 5.07. The van der Waals surface area contributed by atoms with Gasteiger partial charge >= 0.3 is 0 Å². The van der Waals surface area contributed by atoms with E-state index >= 15 is 0 Å². The maximum atomic E-state index is 13.2. The molecule has 128 valence electrons. The lowest BCUT2D eigenvalue weighted by atomic mass is 10.0. The summed E-state index contributed by atoms with van der Waals surface area (Å²) in [5.74, 6) is -0.895. The molecule has 6 heteroatoms. The number of piperidine rings is 1. The molecular weight excluding hydrogens is 330 g/mol. The number of hydrogen-bond acceptors (Lipinski definition) is 3. The molecule has 1 atom stereocenters. The van der Waals surface area contributed by atoms with Crippen molar-refractivity contribution in [3.63, 3.8) is 0 Å². The molecule has 1 N–H and O–H groups in total. The summed E-state index contributed by atoms with van der Waals surface area (Å²) < 4.78 is 1.95. The van der Waals surface area contributed by atoms with Crippen molar-refractivity contribution in [2.75, 3.05) is 4.90 Å². The fraction of sp³-hybridized carbons (Fsp3) is 0.150. The van der Waals surface area contributed by atoms with E-state index in [1.54, 1.807) is 4.90 Å². The standard InChI is InChI=1S/C20H15N3O3/c24-17-7-6-16(19(25)21-17)23-15-5-3-4-12-10-13(22-8-1-2-9-22)11-14(18(12)15)20(23)26/h1-5,8-11,16H,6-7H2,(H,21,24,25). The van der Waals surface area contributed by atoms with Crippen LogP contribution in [0.1, 0.15) is 23.2 Å². The van der Waals surface area contributed by atoms with Gasteiger partial charge in [-0.25, -0.2) is 0 Å². The van der Waals surface area contributed by atoms with Crippen molar-refractivity contribution in [3.05, 3.63) is 60.4 Å². The summed E-state index contributed by atoms with van der Waals surface area (Å²) in [6, 6.07) is 12.8. The van der Waals surface area contributed by atoms with Crippen LogP contribution in [-0.4, -0.2) is 28.3 Å². The van der Waals surface area contributed by atoms with Crippen molar-refractivity contribution in [2.24, 2.45) is 0 Å². The first-order valence-electron chi connectivity index (χ1n) is 8.51. The number of carbonyl (C=O) groups excluding carboxylic acids is 3. The topological polar surface area (TPSA) is 71.4 Å². The van der Waals surface area contributed by atoms with Crippen molar-refractivity contribution in [1.29, 1.82) is 0 Å². The van der Waals surface area contributed by atoms with Gasteiger partial charge in [-0.1, -0.05) is 12.1 Å². The second kappa shape index (κ2) is 5.29. The molecule has 0 radical (unpaired) electrons. The van der Waals surface area contributed by atoms with E-state index in [2.05, 4.69) is 5.32 Å². The first kappa shape index (κ1) is 14.9. The highest BCUT2D eigenvalue weighted by Crippen LogP contribution is 2.40. The number of hydrogen-bond donors (Lipinski definition) is 1. The number of amides is 3. The maximum Gasteiger partial charge on any atom is 0.259 e. The van der Waals surface area contributed by atoms with Gasteiger partial charge in [0.2, 0.25) is 11.8 Å². The van der Waals surface area contributed by atoms with E-state index < -0.39 is 11.9 Å². The summed E-state index contributed by atoms with van der Waals surface area (Å²) >= 11 is 0. The summed E-state index contributed by atoms with van der Waals surface area (Å²) in [6.07, 6.45) is 4.43. The van der Waals surface area contributed by atoms with Gasteiger partial charge in [0, 0.05) is 29.9 Å². The van der Waals surface area contributed by atoms with Gasteiger partial charge in [-0.15, -0.1) is 0 Å². The van der Waals surface area contributed by atoms with Crippen LogP contribution < -0.4 is 10.2 Å². The number of aromatic nitrogens is 1. The number of carbonyl (C=O) groups is 3. The first-order chi connectivity index (χ1) is 12.6. The molecule has 2 aromatic carbocycles. The second-order valence-corrected chi connectivity index (χ2v) is 6.60. The number of benzene rings is 2. The van der Waals surface area contributed by atoms with Crippen LogP contribution in [0.5, 0.6) is 0 Å². The predicted molar refractivity (Wildman–Crippen MR) is 96.3 cm³/mol. The normalized spacial score (nSPS) is 19.3. The Labute approximate surface area is 149 Å². The third-order valence-corrected chi connectivity index (χ3v) is 5.07. The zero-order chi connectivity index (χ0) is 17.8. The fourth-order valence-electron chi connectivity index (χ4n) is 3.89. The Morgan fingerprint density at radius 1 is 1.00 bits per heavy atom. The van der Waals surface area contributed by atoms with Gasteiger partial charge < -0.3 is 4.57 Å². The molecule has 3 heterocycles. The highest BCUT2D eigenvalue weighted by atomic mass is 16.2. The molecule has 5 rings (SSSR count). The van der Waals surface area contributed by atoms with Gasteiger partial charge in [0.25, 0.3) is 5.91 Å². The summed E-state index contributed by atoms with van der Waals surface area (Å²) in [5, 5.41) is 4.15. The molecule has 1 saturated heterocycles. The van der Waals surface area contributed by atoms with Crippen molar-refractivity contribution in [1.82, 2.24) is 9.88 Å². The number of nitrogens with zero attached hydrogens (tertiary/aromatic N) is 2. The first-order valence-corrected chi connectivity index (χ1v) is 8.51. The lowest BCUT2D eigenvalue weighted by Gasteiger charge is -2.30. The van der Waals surface area contributed by atoms with E-state index in [0.29, 0.717) is 12.0 Å². The molecule has 0 saturated carbocycles. The molecule has 3 amide bonds. The number of imide groups is 1. The number of nitrogens with one attached hydrogen (secondary N) is 1.